The van der Waals surface area contributed by atoms with E-state index in [1.54, 1.807) is 0 Å². The van der Waals surface area contributed by atoms with Crippen molar-refractivity contribution < 1.29 is 0 Å². The van der Waals surface area contributed by atoms with E-state index in [1.807, 2.05) is 0 Å². The standard InChI is InChI=1S/C8H18N2/c1-10-5-3-2-4-8(6-9)7-10/h8H,2-7,9H2,1H3. The minimum absolute atomic E-state index is 0.757. The van der Waals surface area contributed by atoms with Crippen LogP contribution in [0.4, 0.5) is 0 Å². The van der Waals surface area contributed by atoms with E-state index in [9.17, 15) is 0 Å². The van der Waals surface area contributed by atoms with Gasteiger partial charge in [-0.15, -0.1) is 0 Å². The van der Waals surface area contributed by atoms with Gasteiger partial charge in [0.15, 0.2) is 0 Å². The zero-order valence-electron chi connectivity index (χ0n) is 6.84. The van der Waals surface area contributed by atoms with Crippen LogP contribution in [0.5, 0.6) is 0 Å². The smallest absolute Gasteiger partial charge is 0.00187 e. The Labute approximate surface area is 63.4 Å². The van der Waals surface area contributed by atoms with E-state index in [4.69, 9.17) is 5.73 Å². The first-order chi connectivity index (χ1) is 4.83. The van der Waals surface area contributed by atoms with Crippen molar-refractivity contribution in [3.05, 3.63) is 0 Å². The molecule has 0 amide bonds. The minimum atomic E-state index is 0.757. The Morgan fingerprint density at radius 3 is 3.00 bits per heavy atom. The van der Waals surface area contributed by atoms with Crippen LogP contribution in [0.2, 0.25) is 0 Å². The Hall–Kier alpha value is -0.0800. The van der Waals surface area contributed by atoms with Gasteiger partial charge in [0.25, 0.3) is 0 Å². The third kappa shape index (κ3) is 2.27. The van der Waals surface area contributed by atoms with Gasteiger partial charge in [0, 0.05) is 6.54 Å². The summed E-state index contributed by atoms with van der Waals surface area (Å²) in [5.41, 5.74) is 5.61. The Morgan fingerprint density at radius 1 is 1.50 bits per heavy atom. The van der Waals surface area contributed by atoms with Gasteiger partial charge in [0.2, 0.25) is 0 Å². The van der Waals surface area contributed by atoms with Crippen LogP contribution < -0.4 is 5.73 Å². The van der Waals surface area contributed by atoms with Crippen molar-refractivity contribution in [1.29, 1.82) is 0 Å². The lowest BCUT2D eigenvalue weighted by atomic mass is 10.0. The van der Waals surface area contributed by atoms with E-state index >= 15 is 0 Å². The fraction of sp³-hybridized carbons (Fsp3) is 1.00. The minimum Gasteiger partial charge on any atom is -0.330 e. The Balaban J connectivity index is 2.30. The summed E-state index contributed by atoms with van der Waals surface area (Å²) in [6.45, 7) is 3.33. The van der Waals surface area contributed by atoms with Crippen LogP contribution >= 0.6 is 0 Å². The molecule has 1 rings (SSSR count). The lowest BCUT2D eigenvalue weighted by molar-refractivity contribution is 0.303. The second-order valence-electron chi connectivity index (χ2n) is 3.36. The van der Waals surface area contributed by atoms with Gasteiger partial charge in [-0.05, 0) is 38.9 Å². The van der Waals surface area contributed by atoms with E-state index in [1.165, 1.54) is 32.4 Å². The van der Waals surface area contributed by atoms with E-state index in [0.29, 0.717) is 0 Å². The van der Waals surface area contributed by atoms with Crippen molar-refractivity contribution in [2.75, 3.05) is 26.7 Å². The lowest BCUT2D eigenvalue weighted by Gasteiger charge is -2.17. The van der Waals surface area contributed by atoms with Crippen LogP contribution in [0.15, 0.2) is 0 Å². The number of hydrogen-bond donors (Lipinski definition) is 1. The van der Waals surface area contributed by atoms with Gasteiger partial charge >= 0.3 is 0 Å². The molecule has 2 nitrogen and oxygen atoms in total. The van der Waals surface area contributed by atoms with Crippen molar-refractivity contribution in [2.24, 2.45) is 11.7 Å². The zero-order valence-corrected chi connectivity index (χ0v) is 6.84. The molecule has 0 aromatic heterocycles. The van der Waals surface area contributed by atoms with Crippen molar-refractivity contribution in [1.82, 2.24) is 4.90 Å². The largest absolute Gasteiger partial charge is 0.330 e. The quantitative estimate of drug-likeness (QED) is 0.583. The Kier molecular flexibility index (Phi) is 3.16. The molecule has 0 bridgehead atoms. The first-order valence-electron chi connectivity index (χ1n) is 4.21. The predicted molar refractivity (Wildman–Crippen MR) is 43.9 cm³/mol. The van der Waals surface area contributed by atoms with E-state index in [0.717, 1.165) is 12.5 Å². The average Bonchev–Trinajstić information content (AvgIpc) is 2.13. The first-order valence-corrected chi connectivity index (χ1v) is 4.21. The number of rotatable bonds is 1. The number of nitrogens with two attached hydrogens (primary N) is 1. The predicted octanol–water partition coefficient (Wildman–Crippen LogP) is 0.677. The fourth-order valence-corrected chi connectivity index (χ4v) is 1.63. The molecule has 2 N–H and O–H groups in total. The summed E-state index contributed by atoms with van der Waals surface area (Å²) < 4.78 is 0. The topological polar surface area (TPSA) is 29.3 Å². The molecule has 0 aromatic carbocycles. The number of hydrogen-bond acceptors (Lipinski definition) is 2. The average molecular weight is 142 g/mol. The molecule has 1 unspecified atom stereocenters. The highest BCUT2D eigenvalue weighted by molar-refractivity contribution is 4.68. The van der Waals surface area contributed by atoms with Crippen LogP contribution in [0, 0.1) is 5.92 Å². The SMILES string of the molecule is CN1CCCCC(CN)C1. The molecule has 1 aliphatic heterocycles. The molecule has 0 radical (unpaired) electrons. The third-order valence-electron chi connectivity index (χ3n) is 2.31. The molecule has 1 atom stereocenters. The molecule has 0 spiro atoms. The highest BCUT2D eigenvalue weighted by atomic mass is 15.1. The van der Waals surface area contributed by atoms with Crippen LogP contribution in [0.3, 0.4) is 0 Å². The second-order valence-corrected chi connectivity index (χ2v) is 3.36. The summed E-state index contributed by atoms with van der Waals surface area (Å²) >= 11 is 0. The molecule has 2 heteroatoms. The van der Waals surface area contributed by atoms with Gasteiger partial charge in [-0.2, -0.15) is 0 Å². The third-order valence-corrected chi connectivity index (χ3v) is 2.31. The van der Waals surface area contributed by atoms with Gasteiger partial charge in [0.1, 0.15) is 0 Å². The molecule has 10 heavy (non-hydrogen) atoms. The molecule has 0 aromatic rings. The second kappa shape index (κ2) is 3.94. The number of nitrogens with zero attached hydrogens (tertiary/aromatic N) is 1. The maximum absolute atomic E-state index is 5.61. The van der Waals surface area contributed by atoms with E-state index < -0.39 is 0 Å². The van der Waals surface area contributed by atoms with Crippen molar-refractivity contribution >= 4 is 0 Å². The van der Waals surface area contributed by atoms with Crippen LogP contribution in [0.1, 0.15) is 19.3 Å². The zero-order chi connectivity index (χ0) is 7.40. The van der Waals surface area contributed by atoms with Gasteiger partial charge in [-0.1, -0.05) is 6.42 Å². The molecule has 0 saturated carbocycles. The first kappa shape index (κ1) is 8.02. The summed E-state index contributed by atoms with van der Waals surface area (Å²) in [4.78, 5) is 2.39. The maximum atomic E-state index is 5.61. The summed E-state index contributed by atoms with van der Waals surface area (Å²) in [6, 6.07) is 0. The Morgan fingerprint density at radius 2 is 2.30 bits per heavy atom. The summed E-state index contributed by atoms with van der Waals surface area (Å²) in [5, 5.41) is 0. The van der Waals surface area contributed by atoms with Gasteiger partial charge in [-0.25, -0.2) is 0 Å². The van der Waals surface area contributed by atoms with E-state index in [2.05, 4.69) is 11.9 Å². The fourth-order valence-electron chi connectivity index (χ4n) is 1.63. The Bertz CT molecular complexity index is 93.3. The van der Waals surface area contributed by atoms with Crippen LogP contribution in [-0.2, 0) is 0 Å². The molecule has 1 fully saturated rings. The van der Waals surface area contributed by atoms with Crippen molar-refractivity contribution in [2.45, 2.75) is 19.3 Å². The van der Waals surface area contributed by atoms with Crippen molar-refractivity contribution in [3.63, 3.8) is 0 Å². The molecule has 60 valence electrons. The normalized spacial score (nSPS) is 30.0. The summed E-state index contributed by atoms with van der Waals surface area (Å²) in [6.07, 6.45) is 4.06. The highest BCUT2D eigenvalue weighted by Gasteiger charge is 2.12. The maximum Gasteiger partial charge on any atom is 0.00187 e. The summed E-state index contributed by atoms with van der Waals surface area (Å²) in [5.74, 6) is 0.757. The van der Waals surface area contributed by atoms with Gasteiger partial charge in [-0.3, -0.25) is 0 Å². The molecular formula is C8H18N2. The lowest BCUT2D eigenvalue weighted by Crippen LogP contribution is -2.28. The summed E-state index contributed by atoms with van der Waals surface area (Å²) in [7, 11) is 2.19. The van der Waals surface area contributed by atoms with E-state index in [-0.39, 0.29) is 0 Å². The van der Waals surface area contributed by atoms with Crippen LogP contribution in [-0.4, -0.2) is 31.6 Å². The molecular weight excluding hydrogens is 124 g/mol. The molecule has 1 saturated heterocycles. The van der Waals surface area contributed by atoms with Gasteiger partial charge in [0.05, 0.1) is 0 Å². The van der Waals surface area contributed by atoms with Crippen molar-refractivity contribution in [3.8, 4) is 0 Å². The van der Waals surface area contributed by atoms with Crippen LogP contribution in [0.25, 0.3) is 0 Å². The molecule has 0 aliphatic carbocycles. The molecule has 1 aliphatic rings. The van der Waals surface area contributed by atoms with Gasteiger partial charge < -0.3 is 10.6 Å². The highest BCUT2D eigenvalue weighted by Crippen LogP contribution is 2.13. The number of likely N-dealkylation sites (tertiary alicyclic amines) is 1. The molecule has 1 heterocycles. The monoisotopic (exact) mass is 142 g/mol.